The van der Waals surface area contributed by atoms with E-state index in [0.717, 1.165) is 17.6 Å². The molecule has 0 unspecified atom stereocenters. The number of H-pyrrole nitrogens is 1. The van der Waals surface area contributed by atoms with Gasteiger partial charge in [-0.15, -0.1) is 0 Å². The van der Waals surface area contributed by atoms with E-state index in [-0.39, 0.29) is 5.91 Å². The molecule has 90 valence electrons. The van der Waals surface area contributed by atoms with E-state index in [4.69, 9.17) is 0 Å². The van der Waals surface area contributed by atoms with Gasteiger partial charge in [-0.2, -0.15) is 0 Å². The number of carbonyl (C=O) groups excluding carboxylic acids is 1. The number of aromatic amines is 1. The summed E-state index contributed by atoms with van der Waals surface area (Å²) in [7, 11) is 0. The zero-order chi connectivity index (χ0) is 12.3. The third-order valence-corrected chi connectivity index (χ3v) is 2.95. The lowest BCUT2D eigenvalue weighted by Gasteiger charge is -2.00. The van der Waals surface area contributed by atoms with E-state index >= 15 is 0 Å². The van der Waals surface area contributed by atoms with Crippen molar-refractivity contribution in [3.8, 4) is 0 Å². The van der Waals surface area contributed by atoms with Crippen LogP contribution < -0.4 is 5.32 Å². The number of fused-ring (bicyclic) bond motifs is 1. The van der Waals surface area contributed by atoms with E-state index < -0.39 is 0 Å². The minimum absolute atomic E-state index is 0.0814. The fourth-order valence-corrected chi connectivity index (χ4v) is 1.87. The second-order valence-electron chi connectivity index (χ2n) is 4.20. The standard InChI is InChI=1S/C14H18N2O/c1-3-10-5-6-11-8-12(16-13(11)7-10)9-15-14(17)4-2/h5-8,16H,3-4,9H2,1-2H3,(H,15,17). The molecule has 0 aliphatic heterocycles. The molecule has 0 atom stereocenters. The zero-order valence-corrected chi connectivity index (χ0v) is 10.3. The van der Waals surface area contributed by atoms with E-state index in [0.29, 0.717) is 13.0 Å². The molecule has 1 aromatic heterocycles. The third-order valence-electron chi connectivity index (χ3n) is 2.95. The topological polar surface area (TPSA) is 44.9 Å². The number of aryl methyl sites for hydroxylation is 1. The molecule has 0 fully saturated rings. The first-order valence-electron chi connectivity index (χ1n) is 6.10. The highest BCUT2D eigenvalue weighted by Gasteiger charge is 2.03. The van der Waals surface area contributed by atoms with E-state index in [1.807, 2.05) is 6.92 Å². The van der Waals surface area contributed by atoms with Crippen LogP contribution >= 0.6 is 0 Å². The molecule has 2 rings (SSSR count). The van der Waals surface area contributed by atoms with E-state index in [1.54, 1.807) is 0 Å². The summed E-state index contributed by atoms with van der Waals surface area (Å²) in [6, 6.07) is 8.52. The van der Waals surface area contributed by atoms with Gasteiger partial charge < -0.3 is 10.3 Å². The predicted molar refractivity (Wildman–Crippen MR) is 69.8 cm³/mol. The highest BCUT2D eigenvalue weighted by atomic mass is 16.1. The fraction of sp³-hybridized carbons (Fsp3) is 0.357. The van der Waals surface area contributed by atoms with Crippen molar-refractivity contribution in [1.29, 1.82) is 0 Å². The molecule has 0 saturated carbocycles. The first-order valence-corrected chi connectivity index (χ1v) is 6.10. The highest BCUT2D eigenvalue weighted by Crippen LogP contribution is 2.17. The molecular formula is C14H18N2O. The summed E-state index contributed by atoms with van der Waals surface area (Å²) in [6.07, 6.45) is 1.57. The number of benzene rings is 1. The molecule has 2 aromatic rings. The minimum atomic E-state index is 0.0814. The van der Waals surface area contributed by atoms with Gasteiger partial charge in [0.1, 0.15) is 0 Å². The minimum Gasteiger partial charge on any atom is -0.357 e. The number of rotatable bonds is 4. The van der Waals surface area contributed by atoms with Crippen LogP contribution in [0.15, 0.2) is 24.3 Å². The van der Waals surface area contributed by atoms with Crippen LogP contribution in [0.25, 0.3) is 10.9 Å². The van der Waals surface area contributed by atoms with E-state index in [1.165, 1.54) is 10.9 Å². The summed E-state index contributed by atoms with van der Waals surface area (Å²) in [5.74, 6) is 0.0814. The number of nitrogens with one attached hydrogen (secondary N) is 2. The zero-order valence-electron chi connectivity index (χ0n) is 10.3. The molecule has 3 heteroatoms. The molecule has 0 spiro atoms. The largest absolute Gasteiger partial charge is 0.357 e. The summed E-state index contributed by atoms with van der Waals surface area (Å²) in [5.41, 5.74) is 3.52. The fourth-order valence-electron chi connectivity index (χ4n) is 1.87. The molecule has 1 amide bonds. The molecule has 0 saturated heterocycles. The van der Waals surface area contributed by atoms with Gasteiger partial charge in [0, 0.05) is 17.6 Å². The summed E-state index contributed by atoms with van der Waals surface area (Å²) in [4.78, 5) is 14.5. The SMILES string of the molecule is CCC(=O)NCc1cc2ccc(CC)cc2[nH]1. The Labute approximate surface area is 101 Å². The van der Waals surface area contributed by atoms with Crippen molar-refractivity contribution in [2.75, 3.05) is 0 Å². The van der Waals surface area contributed by atoms with Crippen molar-refractivity contribution >= 4 is 16.8 Å². The molecular weight excluding hydrogens is 212 g/mol. The number of amides is 1. The van der Waals surface area contributed by atoms with Crippen molar-refractivity contribution < 1.29 is 4.79 Å². The molecule has 1 heterocycles. The monoisotopic (exact) mass is 230 g/mol. The Morgan fingerprint density at radius 2 is 2.12 bits per heavy atom. The van der Waals surface area contributed by atoms with Crippen molar-refractivity contribution in [2.24, 2.45) is 0 Å². The number of carbonyl (C=O) groups is 1. The maximum absolute atomic E-state index is 11.2. The van der Waals surface area contributed by atoms with Gasteiger partial charge in [0.25, 0.3) is 0 Å². The van der Waals surface area contributed by atoms with Crippen LogP contribution in [0, 0.1) is 0 Å². The summed E-state index contributed by atoms with van der Waals surface area (Å²) in [5, 5.41) is 4.07. The smallest absolute Gasteiger partial charge is 0.220 e. The lowest BCUT2D eigenvalue weighted by atomic mass is 10.1. The first kappa shape index (κ1) is 11.7. The lowest BCUT2D eigenvalue weighted by Crippen LogP contribution is -2.21. The number of hydrogen-bond donors (Lipinski definition) is 2. The van der Waals surface area contributed by atoms with Gasteiger partial charge in [0.2, 0.25) is 5.91 Å². The molecule has 0 radical (unpaired) electrons. The number of hydrogen-bond acceptors (Lipinski definition) is 1. The number of aromatic nitrogens is 1. The second kappa shape index (κ2) is 5.04. The Balaban J connectivity index is 2.17. The first-order chi connectivity index (χ1) is 8.22. The lowest BCUT2D eigenvalue weighted by molar-refractivity contribution is -0.120. The highest BCUT2D eigenvalue weighted by molar-refractivity contribution is 5.81. The quantitative estimate of drug-likeness (QED) is 0.833. The maximum Gasteiger partial charge on any atom is 0.220 e. The second-order valence-corrected chi connectivity index (χ2v) is 4.20. The average Bonchev–Trinajstić information content (AvgIpc) is 2.77. The van der Waals surface area contributed by atoms with Gasteiger partial charge >= 0.3 is 0 Å². The summed E-state index contributed by atoms with van der Waals surface area (Å²) in [6.45, 7) is 4.57. The Bertz CT molecular complexity index is 528. The van der Waals surface area contributed by atoms with Crippen molar-refractivity contribution in [3.05, 3.63) is 35.5 Å². The van der Waals surface area contributed by atoms with Crippen molar-refractivity contribution in [3.63, 3.8) is 0 Å². The van der Waals surface area contributed by atoms with Crippen LogP contribution in [0.3, 0.4) is 0 Å². The van der Waals surface area contributed by atoms with Gasteiger partial charge in [-0.25, -0.2) is 0 Å². The van der Waals surface area contributed by atoms with Gasteiger partial charge in [0.15, 0.2) is 0 Å². The van der Waals surface area contributed by atoms with Crippen molar-refractivity contribution in [1.82, 2.24) is 10.3 Å². The van der Waals surface area contributed by atoms with Crippen LogP contribution in [0.4, 0.5) is 0 Å². The van der Waals surface area contributed by atoms with Gasteiger partial charge in [-0.3, -0.25) is 4.79 Å². The van der Waals surface area contributed by atoms with Gasteiger partial charge in [-0.05, 0) is 29.5 Å². The molecule has 1 aromatic carbocycles. The average molecular weight is 230 g/mol. The van der Waals surface area contributed by atoms with Crippen LogP contribution in [0.5, 0.6) is 0 Å². The van der Waals surface area contributed by atoms with Crippen molar-refractivity contribution in [2.45, 2.75) is 33.2 Å². The van der Waals surface area contributed by atoms with Gasteiger partial charge in [-0.1, -0.05) is 26.0 Å². The Hall–Kier alpha value is -1.77. The molecule has 3 nitrogen and oxygen atoms in total. The third kappa shape index (κ3) is 2.67. The Morgan fingerprint density at radius 3 is 2.82 bits per heavy atom. The molecule has 2 N–H and O–H groups in total. The Kier molecular flexibility index (Phi) is 3.47. The van der Waals surface area contributed by atoms with Crippen LogP contribution in [-0.2, 0) is 17.8 Å². The molecule has 0 bridgehead atoms. The van der Waals surface area contributed by atoms with Crippen LogP contribution in [0.1, 0.15) is 31.5 Å². The Morgan fingerprint density at radius 1 is 1.29 bits per heavy atom. The normalized spacial score (nSPS) is 10.7. The molecule has 17 heavy (non-hydrogen) atoms. The van der Waals surface area contributed by atoms with Gasteiger partial charge in [0.05, 0.1) is 6.54 Å². The predicted octanol–water partition coefficient (Wildman–Crippen LogP) is 2.76. The van der Waals surface area contributed by atoms with E-state index in [2.05, 4.69) is 41.5 Å². The maximum atomic E-state index is 11.2. The van der Waals surface area contributed by atoms with Crippen LogP contribution in [-0.4, -0.2) is 10.9 Å². The van der Waals surface area contributed by atoms with E-state index in [9.17, 15) is 4.79 Å². The molecule has 0 aliphatic carbocycles. The summed E-state index contributed by atoms with van der Waals surface area (Å²) < 4.78 is 0. The molecule has 0 aliphatic rings. The summed E-state index contributed by atoms with van der Waals surface area (Å²) >= 11 is 0. The van der Waals surface area contributed by atoms with Crippen LogP contribution in [0.2, 0.25) is 0 Å².